The number of hydrogen-bond donors (Lipinski definition) is 4. The minimum absolute atomic E-state index is 0.0158. The van der Waals surface area contributed by atoms with Gasteiger partial charge in [0.15, 0.2) is 6.10 Å². The highest BCUT2D eigenvalue weighted by atomic mass is 32.2. The highest BCUT2D eigenvalue weighted by molar-refractivity contribution is 8.01. The number of aromatic nitrogens is 2. The molecular weight excluding hydrogens is 502 g/mol. The number of aliphatic carboxylic acids is 1. The number of carbonyl (C=O) groups is 3. The third-order valence-electron chi connectivity index (χ3n) is 5.24. The Morgan fingerprint density at radius 1 is 1.34 bits per heavy atom. The van der Waals surface area contributed by atoms with Gasteiger partial charge in [-0.1, -0.05) is 12.1 Å². The molecule has 3 heterocycles. The lowest BCUT2D eigenvalue weighted by molar-refractivity contribution is -0.385. The van der Waals surface area contributed by atoms with Crippen LogP contribution in [0, 0.1) is 10.1 Å². The molecule has 4 N–H and O–H groups in total. The van der Waals surface area contributed by atoms with Crippen molar-refractivity contribution in [2.75, 3.05) is 11.5 Å². The number of non-ortho nitro benzene ring substituents is 1. The molecule has 0 saturated carbocycles. The molecule has 0 spiro atoms. The van der Waals surface area contributed by atoms with Crippen LogP contribution in [0.5, 0.6) is 0 Å². The summed E-state index contributed by atoms with van der Waals surface area (Å²) in [6.07, 6.45) is -1.75. The van der Waals surface area contributed by atoms with Crippen LogP contribution in [0.25, 0.3) is 0 Å². The predicted molar refractivity (Wildman–Crippen MR) is 123 cm³/mol. The van der Waals surface area contributed by atoms with E-state index in [1.807, 2.05) is 0 Å². The molecule has 3 atom stereocenters. The number of nitrogens with one attached hydrogen (secondary N) is 2. The van der Waals surface area contributed by atoms with Crippen LogP contribution < -0.4 is 10.9 Å². The van der Waals surface area contributed by atoms with Crippen LogP contribution in [0.1, 0.15) is 11.7 Å². The first-order chi connectivity index (χ1) is 16.7. The molecule has 2 aromatic rings. The standard InChI is InChI=1S/C20H17N5O8S2/c26-12-4-5-13(23-22-12)34-7-10-8-35-19-14(18(29)24(19)15(10)20(30)31)21-17(28)16(27)9-2-1-3-11(6-9)25(32)33/h1-6,14,16,19,27H,7-8H2,(H,21,28)(H,22,26)(H,30,31)/t14?,16-,19-/m1/s1. The van der Waals surface area contributed by atoms with E-state index in [1.165, 1.54) is 53.9 Å². The van der Waals surface area contributed by atoms with Gasteiger partial charge >= 0.3 is 5.97 Å². The molecule has 1 aromatic carbocycles. The molecule has 13 nitrogen and oxygen atoms in total. The molecule has 2 aliphatic rings. The minimum Gasteiger partial charge on any atom is -0.477 e. The Kier molecular flexibility index (Phi) is 6.90. The second kappa shape index (κ2) is 9.89. The molecule has 1 aromatic heterocycles. The van der Waals surface area contributed by atoms with E-state index in [2.05, 4.69) is 15.5 Å². The highest BCUT2D eigenvalue weighted by Crippen LogP contribution is 2.41. The Bertz CT molecular complexity index is 1290. The van der Waals surface area contributed by atoms with Crippen LogP contribution in [-0.4, -0.2) is 70.9 Å². The maximum absolute atomic E-state index is 12.8. The Labute approximate surface area is 204 Å². The monoisotopic (exact) mass is 519 g/mol. The first-order valence-electron chi connectivity index (χ1n) is 9.98. The van der Waals surface area contributed by atoms with Gasteiger partial charge in [0.25, 0.3) is 23.1 Å². The van der Waals surface area contributed by atoms with E-state index in [-0.39, 0.29) is 34.0 Å². The number of benzene rings is 1. The summed E-state index contributed by atoms with van der Waals surface area (Å²) in [6.45, 7) is 0. The van der Waals surface area contributed by atoms with E-state index in [0.29, 0.717) is 10.6 Å². The second-order valence-electron chi connectivity index (χ2n) is 7.46. The number of H-pyrrole nitrogens is 1. The first-order valence-corrected chi connectivity index (χ1v) is 12.0. The zero-order chi connectivity index (χ0) is 25.3. The molecule has 0 aliphatic carbocycles. The van der Waals surface area contributed by atoms with Gasteiger partial charge in [-0.3, -0.25) is 29.4 Å². The van der Waals surface area contributed by atoms with Crippen molar-refractivity contribution in [2.45, 2.75) is 22.5 Å². The summed E-state index contributed by atoms with van der Waals surface area (Å²) < 4.78 is 0. The number of nitrogens with zero attached hydrogens (tertiary/aromatic N) is 3. The normalized spacial score (nSPS) is 20.0. The molecule has 0 bridgehead atoms. The quantitative estimate of drug-likeness (QED) is 0.161. The molecule has 15 heteroatoms. The second-order valence-corrected chi connectivity index (χ2v) is 9.56. The molecule has 182 valence electrons. The van der Waals surface area contributed by atoms with Gasteiger partial charge < -0.3 is 15.5 Å². The SMILES string of the molecule is O=C(O)C1=C(CSc2ccc(=O)[nH]n2)CS[C@@H]2C(NC(=O)[C@H](O)c3cccc([N+](=O)[O-])c3)C(=O)N12. The van der Waals surface area contributed by atoms with Gasteiger partial charge in [0, 0.05) is 29.7 Å². The van der Waals surface area contributed by atoms with Gasteiger partial charge in [-0.25, -0.2) is 9.89 Å². The number of amides is 2. The van der Waals surface area contributed by atoms with Crippen LogP contribution in [-0.2, 0) is 14.4 Å². The third-order valence-corrected chi connectivity index (χ3v) is 7.60. The molecule has 2 amide bonds. The number of rotatable bonds is 8. The van der Waals surface area contributed by atoms with Gasteiger partial charge in [-0.05, 0) is 17.2 Å². The summed E-state index contributed by atoms with van der Waals surface area (Å²) in [6, 6.07) is 6.66. The van der Waals surface area contributed by atoms with Crippen molar-refractivity contribution in [3.63, 3.8) is 0 Å². The average Bonchev–Trinajstić information content (AvgIpc) is 2.85. The average molecular weight is 520 g/mol. The Morgan fingerprint density at radius 3 is 2.77 bits per heavy atom. The molecule has 0 radical (unpaired) electrons. The Morgan fingerprint density at radius 2 is 2.11 bits per heavy atom. The maximum atomic E-state index is 12.8. The number of aromatic amines is 1. The minimum atomic E-state index is -1.75. The van der Waals surface area contributed by atoms with Crippen LogP contribution in [0.15, 0.2) is 57.5 Å². The predicted octanol–water partition coefficient (Wildman–Crippen LogP) is 0.242. The number of carboxylic acid groups (broad SMARTS) is 1. The number of thioether (sulfide) groups is 2. The molecule has 35 heavy (non-hydrogen) atoms. The van der Waals surface area contributed by atoms with Crippen molar-refractivity contribution in [3.05, 3.63) is 73.7 Å². The van der Waals surface area contributed by atoms with E-state index < -0.39 is 40.2 Å². The summed E-state index contributed by atoms with van der Waals surface area (Å²) in [7, 11) is 0. The topological polar surface area (TPSA) is 196 Å². The van der Waals surface area contributed by atoms with E-state index in [9.17, 15) is 39.5 Å². The van der Waals surface area contributed by atoms with E-state index in [0.717, 1.165) is 11.0 Å². The van der Waals surface area contributed by atoms with E-state index in [1.54, 1.807) is 0 Å². The lowest BCUT2D eigenvalue weighted by Gasteiger charge is -2.49. The zero-order valence-corrected chi connectivity index (χ0v) is 19.2. The highest BCUT2D eigenvalue weighted by Gasteiger charge is 2.54. The van der Waals surface area contributed by atoms with E-state index in [4.69, 9.17) is 0 Å². The third kappa shape index (κ3) is 4.91. The number of carboxylic acids is 1. The van der Waals surface area contributed by atoms with Crippen LogP contribution in [0.3, 0.4) is 0 Å². The number of β-lactam (4-membered cyclic amide) rings is 1. The van der Waals surface area contributed by atoms with Crippen molar-refractivity contribution in [3.8, 4) is 0 Å². The number of aliphatic hydroxyl groups is 1. The summed E-state index contributed by atoms with van der Waals surface area (Å²) in [5.74, 6) is -2.40. The smallest absolute Gasteiger partial charge is 0.352 e. The van der Waals surface area contributed by atoms with Gasteiger partial charge in [-0.2, -0.15) is 5.10 Å². The van der Waals surface area contributed by atoms with Crippen molar-refractivity contribution in [1.29, 1.82) is 0 Å². The summed E-state index contributed by atoms with van der Waals surface area (Å²) in [4.78, 5) is 59.8. The summed E-state index contributed by atoms with van der Waals surface area (Å²) in [5, 5.41) is 39.3. The number of nitro groups is 1. The van der Waals surface area contributed by atoms with Crippen molar-refractivity contribution in [1.82, 2.24) is 20.4 Å². The number of aliphatic hydroxyl groups excluding tert-OH is 1. The largest absolute Gasteiger partial charge is 0.477 e. The lowest BCUT2D eigenvalue weighted by atomic mass is 10.0. The van der Waals surface area contributed by atoms with Crippen molar-refractivity contribution < 1.29 is 29.5 Å². The molecule has 1 fully saturated rings. The molecule has 2 aliphatic heterocycles. The van der Waals surface area contributed by atoms with Gasteiger partial charge in [-0.15, -0.1) is 23.5 Å². The Balaban J connectivity index is 1.45. The maximum Gasteiger partial charge on any atom is 0.352 e. The van der Waals surface area contributed by atoms with Crippen LogP contribution >= 0.6 is 23.5 Å². The fourth-order valence-corrected chi connectivity index (χ4v) is 5.87. The van der Waals surface area contributed by atoms with Crippen LogP contribution in [0.4, 0.5) is 5.69 Å². The van der Waals surface area contributed by atoms with Gasteiger partial charge in [0.1, 0.15) is 22.1 Å². The van der Waals surface area contributed by atoms with Crippen LogP contribution in [0.2, 0.25) is 0 Å². The first kappa shape index (κ1) is 24.4. The summed E-state index contributed by atoms with van der Waals surface area (Å²) in [5.41, 5.74) is -0.391. The molecule has 1 saturated heterocycles. The lowest BCUT2D eigenvalue weighted by Crippen LogP contribution is -2.70. The number of fused-ring (bicyclic) bond motifs is 1. The van der Waals surface area contributed by atoms with Gasteiger partial charge in [0.05, 0.1) is 4.92 Å². The fourth-order valence-electron chi connectivity index (χ4n) is 3.56. The number of carbonyl (C=O) groups excluding carboxylic acids is 2. The van der Waals surface area contributed by atoms with E-state index >= 15 is 0 Å². The Hall–Kier alpha value is -3.69. The summed E-state index contributed by atoms with van der Waals surface area (Å²) >= 11 is 2.45. The number of nitro benzene ring substituents is 1. The van der Waals surface area contributed by atoms with Crippen molar-refractivity contribution in [2.24, 2.45) is 0 Å². The molecule has 1 unspecified atom stereocenters. The van der Waals surface area contributed by atoms with Crippen molar-refractivity contribution >= 4 is 47.0 Å². The fraction of sp³-hybridized carbons (Fsp3) is 0.250. The van der Waals surface area contributed by atoms with Gasteiger partial charge in [0.2, 0.25) is 0 Å². The number of hydrogen-bond acceptors (Lipinski definition) is 10. The molecule has 4 rings (SSSR count). The zero-order valence-electron chi connectivity index (χ0n) is 17.6. The molecular formula is C20H17N5O8S2.